The predicted octanol–water partition coefficient (Wildman–Crippen LogP) is 2.64. The molecule has 0 unspecified atom stereocenters. The van der Waals surface area contributed by atoms with Crippen molar-refractivity contribution in [1.82, 2.24) is 4.90 Å². The number of aliphatic carboxylic acids is 1. The largest absolute Gasteiger partial charge is 0.481 e. The number of amides is 1. The first-order valence-electron chi connectivity index (χ1n) is 5.80. The fourth-order valence-electron chi connectivity index (χ4n) is 1.71. The molecule has 1 saturated heterocycles. The molecular weight excluding hydrogens is 320 g/mol. The molecule has 0 bridgehead atoms. The normalized spacial score (nSPS) is 16.9. The summed E-state index contributed by atoms with van der Waals surface area (Å²) < 4.78 is 26.4. The van der Waals surface area contributed by atoms with Crippen LogP contribution in [0.4, 0.5) is 8.78 Å². The van der Waals surface area contributed by atoms with Gasteiger partial charge in [-0.3, -0.25) is 14.5 Å². The summed E-state index contributed by atoms with van der Waals surface area (Å²) in [6.07, 6.45) is 1.10. The molecule has 1 aliphatic rings. The lowest BCUT2D eigenvalue weighted by Crippen LogP contribution is -2.30. The van der Waals surface area contributed by atoms with E-state index in [1.807, 2.05) is 0 Å². The number of benzene rings is 1. The highest BCUT2D eigenvalue weighted by Gasteiger charge is 2.32. The summed E-state index contributed by atoms with van der Waals surface area (Å²) in [4.78, 5) is 24.0. The number of hydrogen-bond acceptors (Lipinski definition) is 4. The lowest BCUT2D eigenvalue weighted by atomic mass is 10.2. The van der Waals surface area contributed by atoms with E-state index in [1.54, 1.807) is 0 Å². The zero-order valence-corrected chi connectivity index (χ0v) is 12.1. The van der Waals surface area contributed by atoms with Crippen molar-refractivity contribution < 1.29 is 23.5 Å². The van der Waals surface area contributed by atoms with E-state index in [1.165, 1.54) is 6.08 Å². The molecule has 1 fully saturated rings. The minimum atomic E-state index is -1.04. The molecule has 1 aliphatic heterocycles. The summed E-state index contributed by atoms with van der Waals surface area (Å²) in [6, 6.07) is 2.91. The van der Waals surface area contributed by atoms with E-state index in [2.05, 4.69) is 0 Å². The fraction of sp³-hybridized carbons (Fsp3) is 0.154. The number of thioether (sulfide) groups is 1. The van der Waals surface area contributed by atoms with Crippen LogP contribution >= 0.6 is 24.0 Å². The van der Waals surface area contributed by atoms with Gasteiger partial charge < -0.3 is 5.11 Å². The average molecular weight is 329 g/mol. The van der Waals surface area contributed by atoms with Crippen molar-refractivity contribution in [1.29, 1.82) is 0 Å². The number of carbonyl (C=O) groups is 2. The highest BCUT2D eigenvalue weighted by atomic mass is 32.2. The van der Waals surface area contributed by atoms with Crippen molar-refractivity contribution in [3.8, 4) is 0 Å². The molecule has 1 amide bonds. The summed E-state index contributed by atoms with van der Waals surface area (Å²) >= 11 is 5.97. The maximum absolute atomic E-state index is 13.1. The Bertz CT molecular complexity index is 641. The third-order valence-electron chi connectivity index (χ3n) is 2.61. The van der Waals surface area contributed by atoms with E-state index in [0.717, 1.165) is 34.9 Å². The standard InChI is InChI=1S/C13H9F2NO3S2/c14-8-3-7(4-9(15)6-8)5-10-12(19)16(13(20)21-10)2-1-11(17)18/h3-6H,1-2H2,(H,17,18)/b10-5-. The molecule has 0 spiro atoms. The van der Waals surface area contributed by atoms with Crippen LogP contribution in [0.25, 0.3) is 6.08 Å². The second kappa shape index (κ2) is 6.31. The van der Waals surface area contributed by atoms with Gasteiger partial charge >= 0.3 is 5.97 Å². The Morgan fingerprint density at radius 3 is 2.52 bits per heavy atom. The van der Waals surface area contributed by atoms with Crippen LogP contribution in [0.5, 0.6) is 0 Å². The molecule has 110 valence electrons. The molecule has 0 saturated carbocycles. The third-order valence-corrected chi connectivity index (χ3v) is 3.98. The van der Waals surface area contributed by atoms with Gasteiger partial charge in [0.15, 0.2) is 0 Å². The summed E-state index contributed by atoms with van der Waals surface area (Å²) in [6.45, 7) is -0.0329. The first-order valence-corrected chi connectivity index (χ1v) is 7.02. The molecule has 4 nitrogen and oxygen atoms in total. The van der Waals surface area contributed by atoms with Gasteiger partial charge in [-0.15, -0.1) is 0 Å². The van der Waals surface area contributed by atoms with Crippen molar-refractivity contribution in [3.05, 3.63) is 40.3 Å². The van der Waals surface area contributed by atoms with Crippen molar-refractivity contribution in [2.75, 3.05) is 6.54 Å². The van der Waals surface area contributed by atoms with Gasteiger partial charge in [0.25, 0.3) is 5.91 Å². The van der Waals surface area contributed by atoms with Crippen LogP contribution in [-0.2, 0) is 9.59 Å². The van der Waals surface area contributed by atoms with Gasteiger partial charge in [0.05, 0.1) is 11.3 Å². The Labute approximate surface area is 128 Å². The van der Waals surface area contributed by atoms with Gasteiger partial charge in [0.2, 0.25) is 0 Å². The lowest BCUT2D eigenvalue weighted by molar-refractivity contribution is -0.137. The smallest absolute Gasteiger partial charge is 0.305 e. The fourth-order valence-corrected chi connectivity index (χ4v) is 3.02. The second-order valence-electron chi connectivity index (χ2n) is 4.18. The zero-order valence-electron chi connectivity index (χ0n) is 10.5. The van der Waals surface area contributed by atoms with Crippen LogP contribution in [0.3, 0.4) is 0 Å². The van der Waals surface area contributed by atoms with Crippen LogP contribution in [0.2, 0.25) is 0 Å². The number of thiocarbonyl (C=S) groups is 1. The van der Waals surface area contributed by atoms with Gasteiger partial charge in [-0.25, -0.2) is 8.78 Å². The molecule has 2 rings (SSSR count). The van der Waals surface area contributed by atoms with E-state index < -0.39 is 23.5 Å². The molecule has 8 heteroatoms. The number of carboxylic acids is 1. The molecule has 1 heterocycles. The van der Waals surface area contributed by atoms with Gasteiger partial charge in [0, 0.05) is 12.6 Å². The zero-order chi connectivity index (χ0) is 15.6. The highest BCUT2D eigenvalue weighted by Crippen LogP contribution is 2.32. The van der Waals surface area contributed by atoms with Crippen LogP contribution in [-0.4, -0.2) is 32.7 Å². The summed E-state index contributed by atoms with van der Waals surface area (Å²) in [5.74, 6) is -3.00. The minimum Gasteiger partial charge on any atom is -0.481 e. The maximum Gasteiger partial charge on any atom is 0.305 e. The van der Waals surface area contributed by atoms with Gasteiger partial charge in [-0.2, -0.15) is 0 Å². The number of carbonyl (C=O) groups excluding carboxylic acids is 1. The topological polar surface area (TPSA) is 57.6 Å². The third kappa shape index (κ3) is 3.85. The predicted molar refractivity (Wildman–Crippen MR) is 78.5 cm³/mol. The Hall–Kier alpha value is -1.80. The maximum atomic E-state index is 13.1. The number of carboxylic acid groups (broad SMARTS) is 1. The summed E-state index contributed by atoms with van der Waals surface area (Å²) in [7, 11) is 0. The second-order valence-corrected chi connectivity index (χ2v) is 5.86. The summed E-state index contributed by atoms with van der Waals surface area (Å²) in [5.41, 5.74) is 0.200. The molecule has 1 aromatic carbocycles. The molecule has 0 atom stereocenters. The molecule has 0 aliphatic carbocycles. The van der Waals surface area contributed by atoms with E-state index >= 15 is 0 Å². The molecular formula is C13H9F2NO3S2. The van der Waals surface area contributed by atoms with E-state index in [4.69, 9.17) is 17.3 Å². The minimum absolute atomic E-state index is 0.0329. The molecule has 1 N–H and O–H groups in total. The SMILES string of the molecule is O=C(O)CCN1C(=O)/C(=C/c2cc(F)cc(F)c2)SC1=S. The van der Waals surface area contributed by atoms with E-state index in [0.29, 0.717) is 0 Å². The first kappa shape index (κ1) is 15.6. The number of halogens is 2. The lowest BCUT2D eigenvalue weighted by Gasteiger charge is -2.12. The van der Waals surface area contributed by atoms with Crippen LogP contribution in [0.15, 0.2) is 23.1 Å². The van der Waals surface area contributed by atoms with Crippen LogP contribution in [0.1, 0.15) is 12.0 Å². The Morgan fingerprint density at radius 1 is 1.33 bits per heavy atom. The Kier molecular flexibility index (Phi) is 4.69. The van der Waals surface area contributed by atoms with Gasteiger partial charge in [-0.1, -0.05) is 24.0 Å². The Balaban J connectivity index is 2.21. The highest BCUT2D eigenvalue weighted by molar-refractivity contribution is 8.26. The number of nitrogens with zero attached hydrogens (tertiary/aromatic N) is 1. The van der Waals surface area contributed by atoms with Crippen molar-refractivity contribution in [2.24, 2.45) is 0 Å². The monoisotopic (exact) mass is 329 g/mol. The van der Waals surface area contributed by atoms with Crippen LogP contribution in [0, 0.1) is 11.6 Å². The number of hydrogen-bond donors (Lipinski definition) is 1. The van der Waals surface area contributed by atoms with E-state index in [-0.39, 0.29) is 27.8 Å². The number of rotatable bonds is 4. The van der Waals surface area contributed by atoms with Gasteiger partial charge in [0.1, 0.15) is 16.0 Å². The average Bonchev–Trinajstić information content (AvgIpc) is 2.61. The molecule has 1 aromatic rings. The van der Waals surface area contributed by atoms with Crippen LogP contribution < -0.4 is 0 Å². The molecule has 0 radical (unpaired) electrons. The Morgan fingerprint density at radius 2 is 1.95 bits per heavy atom. The van der Waals surface area contributed by atoms with Crippen molar-refractivity contribution >= 4 is 46.3 Å². The first-order chi connectivity index (χ1) is 9.86. The quantitative estimate of drug-likeness (QED) is 0.680. The molecule has 21 heavy (non-hydrogen) atoms. The summed E-state index contributed by atoms with van der Waals surface area (Å²) in [5, 5.41) is 8.62. The van der Waals surface area contributed by atoms with Crippen molar-refractivity contribution in [3.63, 3.8) is 0 Å². The van der Waals surface area contributed by atoms with E-state index in [9.17, 15) is 18.4 Å². The van der Waals surface area contributed by atoms with Crippen molar-refractivity contribution in [2.45, 2.75) is 6.42 Å². The van der Waals surface area contributed by atoms with Gasteiger partial charge in [-0.05, 0) is 23.8 Å². The molecule has 0 aromatic heterocycles.